The Morgan fingerprint density at radius 2 is 1.86 bits per heavy atom. The molecular weight excluding hydrogens is 282 g/mol. The molecule has 1 aliphatic heterocycles. The zero-order chi connectivity index (χ0) is 15.3. The number of aromatic amines is 1. The summed E-state index contributed by atoms with van der Waals surface area (Å²) in [4.78, 5) is 5.42. The Kier molecular flexibility index (Phi) is 3.01. The third-order valence-corrected chi connectivity index (χ3v) is 4.47. The molecular formula is C18H16F2N2. The molecule has 1 atom stereocenters. The highest BCUT2D eigenvalue weighted by Gasteiger charge is 2.27. The smallest absolute Gasteiger partial charge is 0.126 e. The van der Waals surface area contributed by atoms with Crippen molar-refractivity contribution in [2.75, 3.05) is 13.6 Å². The lowest BCUT2D eigenvalue weighted by Gasteiger charge is -2.33. The van der Waals surface area contributed by atoms with Crippen molar-refractivity contribution >= 4 is 10.9 Å². The second-order valence-electron chi connectivity index (χ2n) is 6.02. The van der Waals surface area contributed by atoms with E-state index < -0.39 is 11.6 Å². The molecule has 0 radical (unpaired) electrons. The Morgan fingerprint density at radius 3 is 2.64 bits per heavy atom. The van der Waals surface area contributed by atoms with Crippen LogP contribution < -0.4 is 0 Å². The van der Waals surface area contributed by atoms with E-state index in [4.69, 9.17) is 0 Å². The lowest BCUT2D eigenvalue weighted by molar-refractivity contribution is 0.296. The van der Waals surface area contributed by atoms with Crippen LogP contribution >= 0.6 is 0 Å². The molecule has 4 heteroatoms. The van der Waals surface area contributed by atoms with E-state index in [1.165, 1.54) is 23.1 Å². The maximum atomic E-state index is 13.6. The van der Waals surface area contributed by atoms with E-state index in [1.807, 2.05) is 19.3 Å². The number of rotatable bonds is 1. The Hall–Kier alpha value is -2.20. The molecule has 0 aliphatic carbocycles. The number of nitrogens with zero attached hydrogens (tertiary/aromatic N) is 1. The Balaban J connectivity index is 1.91. The van der Waals surface area contributed by atoms with Crippen LogP contribution in [0.2, 0.25) is 0 Å². The molecule has 1 aliphatic rings. The summed E-state index contributed by atoms with van der Waals surface area (Å²) in [5, 5.41) is 1.19. The molecule has 0 saturated carbocycles. The minimum absolute atomic E-state index is 0.0155. The Morgan fingerprint density at radius 1 is 1.09 bits per heavy atom. The average molecular weight is 298 g/mol. The number of aromatic nitrogens is 1. The largest absolute Gasteiger partial charge is 0.361 e. The first-order chi connectivity index (χ1) is 10.6. The van der Waals surface area contributed by atoms with Crippen LogP contribution in [0.25, 0.3) is 10.9 Å². The third-order valence-electron chi connectivity index (χ3n) is 4.47. The number of H-pyrrole nitrogens is 1. The van der Waals surface area contributed by atoms with Gasteiger partial charge >= 0.3 is 0 Å². The second kappa shape index (κ2) is 4.92. The van der Waals surface area contributed by atoms with E-state index in [2.05, 4.69) is 22.0 Å². The molecule has 1 N–H and O–H groups in total. The fraction of sp³-hybridized carbons (Fsp3) is 0.222. The molecule has 0 spiro atoms. The zero-order valence-electron chi connectivity index (χ0n) is 12.2. The number of halogens is 2. The van der Waals surface area contributed by atoms with Crippen LogP contribution in [0.5, 0.6) is 0 Å². The molecule has 0 unspecified atom stereocenters. The summed E-state index contributed by atoms with van der Waals surface area (Å²) in [6, 6.07) is 10.00. The maximum absolute atomic E-state index is 13.6. The molecule has 3 aromatic rings. The lowest BCUT2D eigenvalue weighted by atomic mass is 9.83. The van der Waals surface area contributed by atoms with Gasteiger partial charge in [0.15, 0.2) is 0 Å². The number of fused-ring (bicyclic) bond motifs is 3. The SMILES string of the molecule is CN1Cc2c(ccc3[nH]ccc23)[C@H](c2cc(F)cc(F)c2)C1. The summed E-state index contributed by atoms with van der Waals surface area (Å²) in [5.41, 5.74) is 4.19. The second-order valence-corrected chi connectivity index (χ2v) is 6.02. The van der Waals surface area contributed by atoms with Crippen LogP contribution in [0.3, 0.4) is 0 Å². The van der Waals surface area contributed by atoms with Crippen molar-refractivity contribution in [1.29, 1.82) is 0 Å². The molecule has 2 aromatic carbocycles. The van der Waals surface area contributed by atoms with Crippen molar-refractivity contribution < 1.29 is 8.78 Å². The average Bonchev–Trinajstić information content (AvgIpc) is 2.94. The summed E-state index contributed by atoms with van der Waals surface area (Å²) in [7, 11) is 2.04. The fourth-order valence-electron chi connectivity index (χ4n) is 3.52. The van der Waals surface area contributed by atoms with E-state index in [-0.39, 0.29) is 5.92 Å². The highest BCUT2D eigenvalue weighted by Crippen LogP contribution is 2.36. The highest BCUT2D eigenvalue weighted by atomic mass is 19.1. The van der Waals surface area contributed by atoms with Gasteiger partial charge in [0.2, 0.25) is 0 Å². The van der Waals surface area contributed by atoms with E-state index in [9.17, 15) is 8.78 Å². The first-order valence-corrected chi connectivity index (χ1v) is 7.35. The summed E-state index contributed by atoms with van der Waals surface area (Å²) in [6.45, 7) is 1.60. The third kappa shape index (κ3) is 2.11. The Labute approximate surface area is 127 Å². The monoisotopic (exact) mass is 298 g/mol. The number of benzene rings is 2. The van der Waals surface area contributed by atoms with Gasteiger partial charge in [0.1, 0.15) is 11.6 Å². The fourth-order valence-corrected chi connectivity index (χ4v) is 3.52. The van der Waals surface area contributed by atoms with Gasteiger partial charge in [0.05, 0.1) is 0 Å². The van der Waals surface area contributed by atoms with Crippen molar-refractivity contribution in [3.63, 3.8) is 0 Å². The lowest BCUT2D eigenvalue weighted by Crippen LogP contribution is -2.31. The first-order valence-electron chi connectivity index (χ1n) is 7.35. The van der Waals surface area contributed by atoms with Gasteiger partial charge in [-0.3, -0.25) is 0 Å². The van der Waals surface area contributed by atoms with Gasteiger partial charge in [-0.25, -0.2) is 8.78 Å². The number of hydrogen-bond acceptors (Lipinski definition) is 1. The van der Waals surface area contributed by atoms with E-state index >= 15 is 0 Å². The van der Waals surface area contributed by atoms with Crippen LogP contribution in [0.15, 0.2) is 42.6 Å². The standard InChI is InChI=1S/C18H16F2N2/c1-22-9-16(11-6-12(19)8-13(20)7-11)14-2-3-18-15(4-5-21-18)17(14)10-22/h2-8,16,21H,9-10H2,1H3/t16-/m0/s1. The molecule has 2 nitrogen and oxygen atoms in total. The molecule has 0 amide bonds. The number of nitrogens with one attached hydrogen (secondary N) is 1. The van der Waals surface area contributed by atoms with Gasteiger partial charge in [0.25, 0.3) is 0 Å². The van der Waals surface area contributed by atoms with Crippen LogP contribution in [0.4, 0.5) is 8.78 Å². The quantitative estimate of drug-likeness (QED) is 0.719. The minimum Gasteiger partial charge on any atom is -0.361 e. The van der Waals surface area contributed by atoms with Gasteiger partial charge in [-0.1, -0.05) is 6.07 Å². The summed E-state index contributed by atoms with van der Waals surface area (Å²) in [6.07, 6.45) is 1.93. The molecule has 0 saturated heterocycles. The van der Waals surface area contributed by atoms with Gasteiger partial charge in [-0.05, 0) is 48.0 Å². The maximum Gasteiger partial charge on any atom is 0.126 e. The number of hydrogen-bond donors (Lipinski definition) is 1. The summed E-state index contributed by atoms with van der Waals surface area (Å²) < 4.78 is 27.2. The molecule has 0 fully saturated rings. The van der Waals surface area contributed by atoms with E-state index in [0.29, 0.717) is 5.56 Å². The van der Waals surface area contributed by atoms with E-state index in [1.54, 1.807) is 0 Å². The van der Waals surface area contributed by atoms with Crippen LogP contribution in [-0.2, 0) is 6.54 Å². The first kappa shape index (κ1) is 13.5. The van der Waals surface area contributed by atoms with Crippen LogP contribution in [0, 0.1) is 11.6 Å². The van der Waals surface area contributed by atoms with Gasteiger partial charge < -0.3 is 9.88 Å². The molecule has 0 bridgehead atoms. The van der Waals surface area contributed by atoms with Crippen LogP contribution in [-0.4, -0.2) is 23.5 Å². The minimum atomic E-state index is -0.521. The number of likely N-dealkylation sites (N-methyl/N-ethyl adjacent to an activating group) is 1. The Bertz CT molecular complexity index is 833. The van der Waals surface area contributed by atoms with Gasteiger partial charge in [-0.2, -0.15) is 0 Å². The molecule has 2 heterocycles. The van der Waals surface area contributed by atoms with Gasteiger partial charge in [-0.15, -0.1) is 0 Å². The summed E-state index contributed by atoms with van der Waals surface area (Å²) >= 11 is 0. The van der Waals surface area contributed by atoms with Crippen molar-refractivity contribution in [2.24, 2.45) is 0 Å². The van der Waals surface area contributed by atoms with Crippen molar-refractivity contribution in [1.82, 2.24) is 9.88 Å². The summed E-state index contributed by atoms with van der Waals surface area (Å²) in [5.74, 6) is -1.06. The van der Waals surface area contributed by atoms with Crippen LogP contribution in [0.1, 0.15) is 22.6 Å². The highest BCUT2D eigenvalue weighted by molar-refractivity contribution is 5.84. The predicted molar refractivity (Wildman–Crippen MR) is 82.8 cm³/mol. The predicted octanol–water partition coefficient (Wildman–Crippen LogP) is 4.02. The molecule has 22 heavy (non-hydrogen) atoms. The van der Waals surface area contributed by atoms with Crippen molar-refractivity contribution in [3.8, 4) is 0 Å². The van der Waals surface area contributed by atoms with Crippen molar-refractivity contribution in [2.45, 2.75) is 12.5 Å². The zero-order valence-corrected chi connectivity index (χ0v) is 12.2. The van der Waals surface area contributed by atoms with Crippen molar-refractivity contribution in [3.05, 3.63) is 70.9 Å². The molecule has 1 aromatic heterocycles. The normalized spacial score (nSPS) is 18.6. The topological polar surface area (TPSA) is 19.0 Å². The van der Waals surface area contributed by atoms with E-state index in [0.717, 1.165) is 30.2 Å². The molecule has 4 rings (SSSR count). The molecule has 112 valence electrons. The van der Waals surface area contributed by atoms with Gasteiger partial charge in [0, 0.05) is 42.2 Å².